The van der Waals surface area contributed by atoms with Gasteiger partial charge in [-0.3, -0.25) is 0 Å². The largest absolute Gasteiger partial charge is 0.378 e. The van der Waals surface area contributed by atoms with Crippen LogP contribution in [0.5, 0.6) is 0 Å². The second-order valence-electron chi connectivity index (χ2n) is 4.15. The topological polar surface area (TPSA) is 61.2 Å². The van der Waals surface area contributed by atoms with Gasteiger partial charge in [0.2, 0.25) is 0 Å². The summed E-state index contributed by atoms with van der Waals surface area (Å²) in [4.78, 5) is 4.99. The molecule has 0 N–H and O–H groups in total. The van der Waals surface area contributed by atoms with Gasteiger partial charge in [0.05, 0.1) is 13.2 Å². The van der Waals surface area contributed by atoms with Gasteiger partial charge in [-0.15, -0.1) is 0 Å². The minimum absolute atomic E-state index is 0.426. The fourth-order valence-electron chi connectivity index (χ4n) is 1.89. The van der Waals surface area contributed by atoms with Crippen molar-refractivity contribution >= 4 is 5.69 Å². The van der Waals surface area contributed by atoms with Crippen molar-refractivity contribution in [3.63, 3.8) is 0 Å². The third-order valence-electron chi connectivity index (χ3n) is 2.88. The molecule has 5 nitrogen and oxygen atoms in total. The van der Waals surface area contributed by atoms with Crippen molar-refractivity contribution in [2.24, 2.45) is 5.11 Å². The molecule has 0 aliphatic carbocycles. The average Bonchev–Trinajstić information content (AvgIpc) is 2.49. The number of azide groups is 1. The molecule has 0 saturated carbocycles. The molecule has 0 aromatic heterocycles. The number of hydrogen-bond donors (Lipinski definition) is 0. The van der Waals surface area contributed by atoms with Crippen LogP contribution in [0.25, 0.3) is 10.4 Å². The zero-order chi connectivity index (χ0) is 13.3. The van der Waals surface area contributed by atoms with Gasteiger partial charge in [-0.2, -0.15) is 0 Å². The standard InChI is InChI=1S/C14H16N4O/c15-17-16-8-2-1-3-13-4-6-14(7-5-13)18-9-11-19-12-10-18/h4-7H,2,8-12H2. The summed E-state index contributed by atoms with van der Waals surface area (Å²) in [6.07, 6.45) is 0.593. The van der Waals surface area contributed by atoms with Crippen LogP contribution in [0.15, 0.2) is 29.4 Å². The van der Waals surface area contributed by atoms with Crippen LogP contribution in [0.4, 0.5) is 5.69 Å². The molecule has 1 fully saturated rings. The number of hydrogen-bond acceptors (Lipinski definition) is 3. The normalized spacial score (nSPS) is 14.2. The van der Waals surface area contributed by atoms with Crippen molar-refractivity contribution in [3.05, 3.63) is 40.3 Å². The predicted molar refractivity (Wildman–Crippen MR) is 75.0 cm³/mol. The molecule has 1 aromatic carbocycles. The molecule has 0 radical (unpaired) electrons. The second-order valence-corrected chi connectivity index (χ2v) is 4.15. The first-order chi connectivity index (χ1) is 9.40. The molecule has 2 rings (SSSR count). The lowest BCUT2D eigenvalue weighted by atomic mass is 10.2. The van der Waals surface area contributed by atoms with E-state index in [2.05, 4.69) is 38.9 Å². The van der Waals surface area contributed by atoms with E-state index in [0.29, 0.717) is 13.0 Å². The first-order valence-electron chi connectivity index (χ1n) is 6.32. The Balaban J connectivity index is 1.92. The van der Waals surface area contributed by atoms with E-state index in [-0.39, 0.29) is 0 Å². The Morgan fingerprint density at radius 2 is 2.00 bits per heavy atom. The molecule has 0 unspecified atom stereocenters. The van der Waals surface area contributed by atoms with Crippen LogP contribution in [-0.2, 0) is 4.74 Å². The molecule has 1 heterocycles. The molecule has 1 aromatic rings. The Bertz CT molecular complexity index is 502. The fourth-order valence-corrected chi connectivity index (χ4v) is 1.89. The van der Waals surface area contributed by atoms with Crippen molar-refractivity contribution in [2.75, 3.05) is 37.7 Å². The van der Waals surface area contributed by atoms with E-state index in [4.69, 9.17) is 10.3 Å². The van der Waals surface area contributed by atoms with Gasteiger partial charge in [-0.05, 0) is 29.8 Å². The van der Waals surface area contributed by atoms with E-state index in [1.54, 1.807) is 0 Å². The molecule has 5 heteroatoms. The van der Waals surface area contributed by atoms with E-state index in [1.807, 2.05) is 12.1 Å². The Kier molecular flexibility index (Phi) is 5.12. The Morgan fingerprint density at radius 3 is 2.68 bits per heavy atom. The summed E-state index contributed by atoms with van der Waals surface area (Å²) in [6.45, 7) is 3.89. The monoisotopic (exact) mass is 256 g/mol. The zero-order valence-electron chi connectivity index (χ0n) is 10.7. The highest BCUT2D eigenvalue weighted by Crippen LogP contribution is 2.16. The Hall–Kier alpha value is -2.15. The van der Waals surface area contributed by atoms with Crippen LogP contribution in [0.1, 0.15) is 12.0 Å². The smallest absolute Gasteiger partial charge is 0.0642 e. The molecular weight excluding hydrogens is 240 g/mol. The molecule has 0 amide bonds. The molecule has 1 aliphatic heterocycles. The number of anilines is 1. The molecular formula is C14H16N4O. The fraction of sp³-hybridized carbons (Fsp3) is 0.429. The van der Waals surface area contributed by atoms with Crippen LogP contribution in [0.2, 0.25) is 0 Å². The first-order valence-corrected chi connectivity index (χ1v) is 6.32. The summed E-state index contributed by atoms with van der Waals surface area (Å²) in [5.74, 6) is 6.04. The molecule has 1 aliphatic rings. The van der Waals surface area contributed by atoms with Crippen LogP contribution < -0.4 is 4.90 Å². The van der Waals surface area contributed by atoms with Gasteiger partial charge in [-0.1, -0.05) is 17.0 Å². The van der Waals surface area contributed by atoms with Crippen LogP contribution in [0, 0.1) is 11.8 Å². The minimum Gasteiger partial charge on any atom is -0.378 e. The quantitative estimate of drug-likeness (QED) is 0.274. The lowest BCUT2D eigenvalue weighted by Gasteiger charge is -2.28. The van der Waals surface area contributed by atoms with Crippen molar-refractivity contribution < 1.29 is 4.74 Å². The van der Waals surface area contributed by atoms with Crippen molar-refractivity contribution in [3.8, 4) is 11.8 Å². The maximum Gasteiger partial charge on any atom is 0.0642 e. The van der Waals surface area contributed by atoms with Crippen molar-refractivity contribution in [2.45, 2.75) is 6.42 Å². The molecule has 0 bridgehead atoms. The van der Waals surface area contributed by atoms with Crippen LogP contribution in [-0.4, -0.2) is 32.8 Å². The number of nitrogens with zero attached hydrogens (tertiary/aromatic N) is 4. The van der Waals surface area contributed by atoms with E-state index >= 15 is 0 Å². The number of benzene rings is 1. The van der Waals surface area contributed by atoms with E-state index in [0.717, 1.165) is 31.9 Å². The highest BCUT2D eigenvalue weighted by Gasteiger charge is 2.10. The van der Waals surface area contributed by atoms with Gasteiger partial charge in [0, 0.05) is 42.2 Å². The van der Waals surface area contributed by atoms with Gasteiger partial charge in [0.25, 0.3) is 0 Å². The lowest BCUT2D eigenvalue weighted by Crippen LogP contribution is -2.36. The Labute approximate surface area is 112 Å². The maximum atomic E-state index is 8.13. The van der Waals surface area contributed by atoms with Gasteiger partial charge in [0.1, 0.15) is 0 Å². The highest BCUT2D eigenvalue weighted by atomic mass is 16.5. The maximum absolute atomic E-state index is 8.13. The molecule has 0 atom stereocenters. The number of rotatable bonds is 3. The average molecular weight is 256 g/mol. The summed E-state index contributed by atoms with van der Waals surface area (Å²) in [6, 6.07) is 8.21. The van der Waals surface area contributed by atoms with Crippen LogP contribution >= 0.6 is 0 Å². The van der Waals surface area contributed by atoms with Gasteiger partial charge >= 0.3 is 0 Å². The summed E-state index contributed by atoms with van der Waals surface area (Å²) in [5.41, 5.74) is 10.3. The van der Waals surface area contributed by atoms with Crippen molar-refractivity contribution in [1.29, 1.82) is 0 Å². The number of morpholine rings is 1. The van der Waals surface area contributed by atoms with Gasteiger partial charge < -0.3 is 9.64 Å². The van der Waals surface area contributed by atoms with Crippen molar-refractivity contribution in [1.82, 2.24) is 0 Å². The van der Waals surface area contributed by atoms with Gasteiger partial charge in [0.15, 0.2) is 0 Å². The molecule has 0 spiro atoms. The number of ether oxygens (including phenoxy) is 1. The van der Waals surface area contributed by atoms with Gasteiger partial charge in [-0.25, -0.2) is 0 Å². The summed E-state index contributed by atoms with van der Waals surface area (Å²) >= 11 is 0. The minimum atomic E-state index is 0.426. The van der Waals surface area contributed by atoms with E-state index in [9.17, 15) is 0 Å². The van der Waals surface area contributed by atoms with Crippen LogP contribution in [0.3, 0.4) is 0 Å². The third-order valence-corrected chi connectivity index (χ3v) is 2.88. The zero-order valence-corrected chi connectivity index (χ0v) is 10.7. The first kappa shape index (κ1) is 13.3. The summed E-state index contributed by atoms with van der Waals surface area (Å²) in [5, 5.41) is 3.44. The predicted octanol–water partition coefficient (Wildman–Crippen LogP) is 2.58. The highest BCUT2D eigenvalue weighted by molar-refractivity contribution is 5.50. The SMILES string of the molecule is [N-]=[N+]=NCCC#Cc1ccc(N2CCOCC2)cc1. The summed E-state index contributed by atoms with van der Waals surface area (Å²) in [7, 11) is 0. The van der Waals surface area contributed by atoms with E-state index in [1.165, 1.54) is 5.69 Å². The summed E-state index contributed by atoms with van der Waals surface area (Å²) < 4.78 is 5.33. The third kappa shape index (κ3) is 4.22. The Morgan fingerprint density at radius 1 is 1.26 bits per heavy atom. The lowest BCUT2D eigenvalue weighted by molar-refractivity contribution is 0.122. The molecule has 1 saturated heterocycles. The van der Waals surface area contributed by atoms with E-state index < -0.39 is 0 Å². The molecule has 98 valence electrons. The molecule has 19 heavy (non-hydrogen) atoms. The second kappa shape index (κ2) is 7.32.